The monoisotopic (exact) mass is 406 g/mol. The molecule has 2 aliphatic heterocycles. The zero-order valence-electron chi connectivity index (χ0n) is 14.9. The van der Waals surface area contributed by atoms with E-state index in [0.717, 1.165) is 47.1 Å². The molecule has 0 bridgehead atoms. The van der Waals surface area contributed by atoms with Crippen LogP contribution in [0.5, 0.6) is 0 Å². The average Bonchev–Trinajstić information content (AvgIpc) is 3.40. The van der Waals surface area contributed by atoms with Crippen molar-refractivity contribution in [1.29, 1.82) is 0 Å². The van der Waals surface area contributed by atoms with Crippen molar-refractivity contribution in [2.75, 3.05) is 18.5 Å². The molecule has 1 saturated heterocycles. The van der Waals surface area contributed by atoms with E-state index >= 15 is 0 Å². The summed E-state index contributed by atoms with van der Waals surface area (Å²) in [6.07, 6.45) is 2.47. The lowest BCUT2D eigenvalue weighted by molar-refractivity contribution is -0.122. The van der Waals surface area contributed by atoms with Crippen LogP contribution in [0.25, 0.3) is 0 Å². The van der Waals surface area contributed by atoms with Gasteiger partial charge in [-0.1, -0.05) is 6.07 Å². The second kappa shape index (κ2) is 8.45. The molecule has 0 aromatic carbocycles. The van der Waals surface area contributed by atoms with Gasteiger partial charge in [0.05, 0.1) is 18.2 Å². The van der Waals surface area contributed by atoms with E-state index in [1.807, 2.05) is 17.5 Å². The smallest absolute Gasteiger partial charge is 0.241 e. The van der Waals surface area contributed by atoms with Crippen LogP contribution in [0.4, 0.5) is 5.82 Å². The Morgan fingerprint density at radius 3 is 3.04 bits per heavy atom. The van der Waals surface area contributed by atoms with Gasteiger partial charge in [0.2, 0.25) is 11.8 Å². The Kier molecular flexibility index (Phi) is 5.80. The Hall–Kier alpha value is -1.84. The number of hydrogen-bond acceptors (Lipinski definition) is 6. The minimum absolute atomic E-state index is 0.0851. The van der Waals surface area contributed by atoms with E-state index in [4.69, 9.17) is 4.74 Å². The fourth-order valence-electron chi connectivity index (χ4n) is 3.29. The summed E-state index contributed by atoms with van der Waals surface area (Å²) >= 11 is 3.33. The normalized spacial score (nSPS) is 18.4. The number of carbonyl (C=O) groups excluding carboxylic acids is 2. The van der Waals surface area contributed by atoms with Gasteiger partial charge in [0.15, 0.2) is 0 Å². The zero-order valence-corrected chi connectivity index (χ0v) is 16.5. The van der Waals surface area contributed by atoms with Crippen molar-refractivity contribution in [2.45, 2.75) is 43.4 Å². The molecule has 1 atom stereocenters. The number of nitrogens with zero attached hydrogens (tertiary/aromatic N) is 2. The first kappa shape index (κ1) is 18.5. The maximum absolute atomic E-state index is 12.4. The molecule has 27 heavy (non-hydrogen) atoms. The summed E-state index contributed by atoms with van der Waals surface area (Å²) in [6.45, 7) is 1.39. The molecular weight excluding hydrogens is 384 g/mol. The Morgan fingerprint density at radius 2 is 2.26 bits per heavy atom. The van der Waals surface area contributed by atoms with Gasteiger partial charge in [-0.3, -0.25) is 9.59 Å². The summed E-state index contributed by atoms with van der Waals surface area (Å²) in [5.74, 6) is 2.07. The van der Waals surface area contributed by atoms with Crippen molar-refractivity contribution in [3.05, 3.63) is 33.6 Å². The van der Waals surface area contributed by atoms with E-state index in [9.17, 15) is 9.59 Å². The number of fused-ring (bicyclic) bond motifs is 1. The van der Waals surface area contributed by atoms with Crippen LogP contribution in [-0.2, 0) is 38.8 Å². The quantitative estimate of drug-likeness (QED) is 0.736. The van der Waals surface area contributed by atoms with Crippen LogP contribution in [0.15, 0.2) is 17.5 Å². The number of ether oxygens (including phenoxy) is 1. The molecule has 144 valence electrons. The number of thioether (sulfide) groups is 1. The Balaban J connectivity index is 1.41. The van der Waals surface area contributed by atoms with E-state index in [0.29, 0.717) is 18.8 Å². The fraction of sp³-hybridized carbons (Fsp3) is 0.500. The summed E-state index contributed by atoms with van der Waals surface area (Å²) in [7, 11) is 0. The van der Waals surface area contributed by atoms with Gasteiger partial charge in [-0.05, 0) is 24.3 Å². The first-order valence-corrected chi connectivity index (χ1v) is 11.1. The molecule has 2 aromatic heterocycles. The first-order valence-electron chi connectivity index (χ1n) is 9.06. The maximum atomic E-state index is 12.4. The van der Waals surface area contributed by atoms with Crippen LogP contribution >= 0.6 is 23.1 Å². The molecule has 0 radical (unpaired) electrons. The number of thiophene rings is 1. The summed E-state index contributed by atoms with van der Waals surface area (Å²) in [4.78, 5) is 25.8. The van der Waals surface area contributed by atoms with Gasteiger partial charge in [0, 0.05) is 35.1 Å². The molecule has 4 rings (SSSR count). The van der Waals surface area contributed by atoms with Crippen LogP contribution < -0.4 is 10.6 Å². The molecular formula is C18H22N4O3S2. The zero-order chi connectivity index (χ0) is 18.6. The Morgan fingerprint density at radius 1 is 1.33 bits per heavy atom. The summed E-state index contributed by atoms with van der Waals surface area (Å²) in [5, 5.41) is 12.4. The Labute approximate surface area is 165 Å². The van der Waals surface area contributed by atoms with Crippen LogP contribution in [0, 0.1) is 0 Å². The van der Waals surface area contributed by atoms with Gasteiger partial charge < -0.3 is 15.4 Å². The van der Waals surface area contributed by atoms with Crippen LogP contribution in [0.3, 0.4) is 0 Å². The second-order valence-electron chi connectivity index (χ2n) is 6.67. The van der Waals surface area contributed by atoms with Gasteiger partial charge in [0.25, 0.3) is 0 Å². The lowest BCUT2D eigenvalue weighted by atomic mass is 10.2. The third-order valence-electron chi connectivity index (χ3n) is 4.64. The highest BCUT2D eigenvalue weighted by molar-refractivity contribution is 7.98. The SMILES string of the molecule is O=C(Cn1nc2c(c1NC(=O)Cc1cccs1)CSC2)NC[C@@H]1CCCO1. The molecule has 0 unspecified atom stereocenters. The molecule has 2 aliphatic rings. The summed E-state index contributed by atoms with van der Waals surface area (Å²) in [6, 6.07) is 3.88. The van der Waals surface area contributed by atoms with Gasteiger partial charge >= 0.3 is 0 Å². The minimum atomic E-state index is -0.118. The molecule has 0 spiro atoms. The molecule has 1 fully saturated rings. The second-order valence-corrected chi connectivity index (χ2v) is 8.69. The number of nitrogens with one attached hydrogen (secondary N) is 2. The van der Waals surface area contributed by atoms with E-state index in [-0.39, 0.29) is 24.5 Å². The van der Waals surface area contributed by atoms with E-state index in [2.05, 4.69) is 15.7 Å². The van der Waals surface area contributed by atoms with Gasteiger partial charge in [0.1, 0.15) is 12.4 Å². The summed E-state index contributed by atoms with van der Waals surface area (Å²) in [5.41, 5.74) is 1.99. The molecule has 9 heteroatoms. The number of rotatable bonds is 7. The molecule has 0 saturated carbocycles. The fourth-order valence-corrected chi connectivity index (χ4v) is 5.03. The third kappa shape index (κ3) is 4.53. The highest BCUT2D eigenvalue weighted by atomic mass is 32.2. The van der Waals surface area contributed by atoms with Gasteiger partial charge in [-0.2, -0.15) is 16.9 Å². The number of carbonyl (C=O) groups is 2. The molecule has 4 heterocycles. The topological polar surface area (TPSA) is 85.2 Å². The lowest BCUT2D eigenvalue weighted by Gasteiger charge is -2.13. The van der Waals surface area contributed by atoms with Crippen LogP contribution in [0.2, 0.25) is 0 Å². The molecule has 2 N–H and O–H groups in total. The van der Waals surface area contributed by atoms with Crippen molar-refractivity contribution >= 4 is 40.7 Å². The highest BCUT2D eigenvalue weighted by Gasteiger charge is 2.25. The van der Waals surface area contributed by atoms with Crippen molar-refractivity contribution in [2.24, 2.45) is 0 Å². The predicted octanol–water partition coefficient (Wildman–Crippen LogP) is 2.17. The van der Waals surface area contributed by atoms with E-state index < -0.39 is 0 Å². The average molecular weight is 407 g/mol. The van der Waals surface area contributed by atoms with Crippen molar-refractivity contribution < 1.29 is 14.3 Å². The molecule has 2 aromatic rings. The van der Waals surface area contributed by atoms with Gasteiger partial charge in [-0.25, -0.2) is 4.68 Å². The molecule has 0 aliphatic carbocycles. The minimum Gasteiger partial charge on any atom is -0.376 e. The third-order valence-corrected chi connectivity index (χ3v) is 6.48. The van der Waals surface area contributed by atoms with E-state index in [1.54, 1.807) is 27.8 Å². The number of amides is 2. The van der Waals surface area contributed by atoms with Crippen molar-refractivity contribution in [1.82, 2.24) is 15.1 Å². The van der Waals surface area contributed by atoms with Crippen LogP contribution in [0.1, 0.15) is 29.0 Å². The number of aromatic nitrogens is 2. The molecule has 2 amide bonds. The number of hydrogen-bond donors (Lipinski definition) is 2. The highest BCUT2D eigenvalue weighted by Crippen LogP contribution is 2.34. The van der Waals surface area contributed by atoms with Crippen LogP contribution in [-0.4, -0.2) is 40.9 Å². The van der Waals surface area contributed by atoms with Crippen molar-refractivity contribution in [3.63, 3.8) is 0 Å². The lowest BCUT2D eigenvalue weighted by Crippen LogP contribution is -2.34. The summed E-state index contributed by atoms with van der Waals surface area (Å²) < 4.78 is 7.16. The number of anilines is 1. The predicted molar refractivity (Wildman–Crippen MR) is 106 cm³/mol. The Bertz CT molecular complexity index is 813. The maximum Gasteiger partial charge on any atom is 0.241 e. The first-order chi connectivity index (χ1) is 13.2. The molecule has 7 nitrogen and oxygen atoms in total. The van der Waals surface area contributed by atoms with E-state index in [1.165, 1.54) is 0 Å². The van der Waals surface area contributed by atoms with Crippen molar-refractivity contribution in [3.8, 4) is 0 Å². The standard InChI is InChI=1S/C18H22N4O3S2/c23-16(7-13-4-2-6-27-13)20-18-14-10-26-11-15(14)21-22(18)9-17(24)19-8-12-3-1-5-25-12/h2,4,6,12H,1,3,5,7-11H2,(H,19,24)(H,20,23)/t12-/m0/s1. The largest absolute Gasteiger partial charge is 0.376 e. The van der Waals surface area contributed by atoms with Gasteiger partial charge in [-0.15, -0.1) is 11.3 Å².